The number of hydrogen-bond acceptors (Lipinski definition) is 6. The van der Waals surface area contributed by atoms with Gasteiger partial charge in [0.1, 0.15) is 18.1 Å². The zero-order valence-corrected chi connectivity index (χ0v) is 15.0. The van der Waals surface area contributed by atoms with E-state index in [1.807, 2.05) is 4.90 Å². The van der Waals surface area contributed by atoms with Gasteiger partial charge in [-0.1, -0.05) is 0 Å². The van der Waals surface area contributed by atoms with Crippen molar-refractivity contribution in [2.45, 2.75) is 18.9 Å². The topological polar surface area (TPSA) is 98.8 Å². The Labute approximate surface area is 155 Å². The molecule has 1 unspecified atom stereocenters. The summed E-state index contributed by atoms with van der Waals surface area (Å²) in [6.45, 7) is 2.79. The molecule has 2 aliphatic heterocycles. The second kappa shape index (κ2) is 7.83. The normalized spacial score (nSPS) is 17.7. The fraction of sp³-hybridized carbons (Fsp3) is 0.444. The molecule has 3 amide bonds. The highest BCUT2D eigenvalue weighted by Crippen LogP contribution is 2.32. The highest BCUT2D eigenvalue weighted by atomic mass is 19.1. The van der Waals surface area contributed by atoms with Gasteiger partial charge in [-0.15, -0.1) is 0 Å². The zero-order valence-electron chi connectivity index (χ0n) is 15.0. The summed E-state index contributed by atoms with van der Waals surface area (Å²) in [6, 6.07) is 1.60. The van der Waals surface area contributed by atoms with Crippen LogP contribution in [0.5, 0.6) is 0 Å². The van der Waals surface area contributed by atoms with Gasteiger partial charge in [0.15, 0.2) is 0 Å². The van der Waals surface area contributed by atoms with Gasteiger partial charge in [0.25, 0.3) is 11.8 Å². The zero-order chi connectivity index (χ0) is 19.6. The summed E-state index contributed by atoms with van der Waals surface area (Å²) >= 11 is 0. The second-order valence-corrected chi connectivity index (χ2v) is 6.44. The summed E-state index contributed by atoms with van der Waals surface area (Å²) in [7, 11) is 1.37. The van der Waals surface area contributed by atoms with Crippen LogP contribution in [0.1, 0.15) is 33.6 Å². The van der Waals surface area contributed by atoms with Crippen LogP contribution in [0, 0.1) is 5.82 Å². The van der Waals surface area contributed by atoms with Gasteiger partial charge in [0, 0.05) is 45.3 Å². The molecular formula is C18H21FN4O4. The van der Waals surface area contributed by atoms with E-state index in [9.17, 15) is 23.6 Å². The van der Waals surface area contributed by atoms with Gasteiger partial charge in [-0.05, 0) is 18.6 Å². The summed E-state index contributed by atoms with van der Waals surface area (Å²) in [5, 5.41) is 5.58. The Morgan fingerprint density at radius 3 is 2.63 bits per heavy atom. The van der Waals surface area contributed by atoms with Crippen LogP contribution in [0.25, 0.3) is 0 Å². The Balaban J connectivity index is 1.97. The monoisotopic (exact) mass is 376 g/mol. The SMILES string of the molecule is CNC(=O)C(CCC=O)N1C(=O)c2cc(N3CCNCC3)cc(F)c2C1=O. The van der Waals surface area contributed by atoms with Crippen molar-refractivity contribution in [1.29, 1.82) is 0 Å². The first-order valence-electron chi connectivity index (χ1n) is 8.82. The van der Waals surface area contributed by atoms with Gasteiger partial charge in [-0.25, -0.2) is 4.39 Å². The molecule has 8 nitrogen and oxygen atoms in total. The molecule has 0 aromatic heterocycles. The van der Waals surface area contributed by atoms with Gasteiger partial charge in [0.2, 0.25) is 5.91 Å². The molecule has 1 aromatic carbocycles. The van der Waals surface area contributed by atoms with Crippen molar-refractivity contribution in [2.75, 3.05) is 38.1 Å². The summed E-state index contributed by atoms with van der Waals surface area (Å²) in [6.07, 6.45) is 0.595. The van der Waals surface area contributed by atoms with E-state index in [0.717, 1.165) is 18.0 Å². The third kappa shape index (κ3) is 3.42. The molecule has 27 heavy (non-hydrogen) atoms. The number of piperazine rings is 1. The Hall–Kier alpha value is -2.81. The van der Waals surface area contributed by atoms with Gasteiger partial charge in [0.05, 0.1) is 11.1 Å². The smallest absolute Gasteiger partial charge is 0.265 e. The first-order chi connectivity index (χ1) is 13.0. The number of nitrogens with zero attached hydrogens (tertiary/aromatic N) is 2. The first kappa shape index (κ1) is 19.0. The Morgan fingerprint density at radius 2 is 2.00 bits per heavy atom. The number of rotatable bonds is 6. The molecule has 0 aliphatic carbocycles. The van der Waals surface area contributed by atoms with Crippen molar-refractivity contribution >= 4 is 29.7 Å². The van der Waals surface area contributed by atoms with Gasteiger partial charge < -0.3 is 20.3 Å². The number of halogens is 1. The molecule has 1 fully saturated rings. The van der Waals surface area contributed by atoms with E-state index in [1.165, 1.54) is 19.2 Å². The predicted octanol–water partition coefficient (Wildman–Crippen LogP) is -0.0750. The lowest BCUT2D eigenvalue weighted by atomic mass is 10.1. The van der Waals surface area contributed by atoms with Crippen molar-refractivity contribution in [1.82, 2.24) is 15.5 Å². The van der Waals surface area contributed by atoms with Crippen molar-refractivity contribution in [3.63, 3.8) is 0 Å². The first-order valence-corrected chi connectivity index (χ1v) is 8.82. The fourth-order valence-electron chi connectivity index (χ4n) is 3.48. The van der Waals surface area contributed by atoms with Crippen LogP contribution >= 0.6 is 0 Å². The summed E-state index contributed by atoms with van der Waals surface area (Å²) < 4.78 is 14.7. The van der Waals surface area contributed by atoms with Crippen molar-refractivity contribution < 1.29 is 23.6 Å². The predicted molar refractivity (Wildman–Crippen MR) is 95.1 cm³/mol. The maximum absolute atomic E-state index is 14.7. The molecule has 0 saturated carbocycles. The number of anilines is 1. The van der Waals surface area contributed by atoms with Gasteiger partial charge in [-0.3, -0.25) is 19.3 Å². The standard InChI is InChI=1S/C18H21FN4O4/c1-20-16(25)14(3-2-8-24)23-17(26)12-9-11(22-6-4-21-5-7-22)10-13(19)15(12)18(23)27/h8-10,14,21H,2-7H2,1H3,(H,20,25). The van der Waals surface area contributed by atoms with E-state index in [-0.39, 0.29) is 24.0 Å². The number of likely N-dealkylation sites (N-methyl/N-ethyl adjacent to an activating group) is 1. The highest BCUT2D eigenvalue weighted by molar-refractivity contribution is 6.23. The summed E-state index contributed by atoms with van der Waals surface area (Å²) in [5.41, 5.74) is 0.160. The number of carbonyl (C=O) groups is 4. The third-order valence-corrected chi connectivity index (χ3v) is 4.86. The number of carbonyl (C=O) groups excluding carboxylic acids is 4. The molecule has 1 saturated heterocycles. The quantitative estimate of drug-likeness (QED) is 0.533. The number of benzene rings is 1. The van der Waals surface area contributed by atoms with Crippen LogP contribution < -0.4 is 15.5 Å². The van der Waals surface area contributed by atoms with Crippen LogP contribution in [-0.2, 0) is 9.59 Å². The van der Waals surface area contributed by atoms with E-state index >= 15 is 0 Å². The van der Waals surface area contributed by atoms with Crippen molar-refractivity contribution in [3.05, 3.63) is 29.1 Å². The average molecular weight is 376 g/mol. The maximum Gasteiger partial charge on any atom is 0.265 e. The molecule has 2 heterocycles. The maximum atomic E-state index is 14.7. The lowest BCUT2D eigenvalue weighted by Crippen LogP contribution is -2.48. The molecule has 1 atom stereocenters. The number of amides is 3. The number of aldehydes is 1. The lowest BCUT2D eigenvalue weighted by Gasteiger charge is -2.29. The Kier molecular flexibility index (Phi) is 5.50. The van der Waals surface area contributed by atoms with Crippen LogP contribution in [-0.4, -0.2) is 68.2 Å². The van der Waals surface area contributed by atoms with Gasteiger partial charge >= 0.3 is 0 Å². The Morgan fingerprint density at radius 1 is 1.30 bits per heavy atom. The molecule has 9 heteroatoms. The molecular weight excluding hydrogens is 355 g/mol. The number of imide groups is 1. The summed E-state index contributed by atoms with van der Waals surface area (Å²) in [5.74, 6) is -2.92. The second-order valence-electron chi connectivity index (χ2n) is 6.44. The average Bonchev–Trinajstić information content (AvgIpc) is 2.94. The number of hydrogen-bond donors (Lipinski definition) is 2. The molecule has 144 valence electrons. The lowest BCUT2D eigenvalue weighted by molar-refractivity contribution is -0.124. The molecule has 1 aromatic rings. The minimum absolute atomic E-state index is 0.00000181. The molecule has 2 aliphatic rings. The largest absolute Gasteiger partial charge is 0.369 e. The van der Waals surface area contributed by atoms with Gasteiger partial charge in [-0.2, -0.15) is 0 Å². The fourth-order valence-corrected chi connectivity index (χ4v) is 3.48. The molecule has 0 bridgehead atoms. The molecule has 2 N–H and O–H groups in total. The number of fused-ring (bicyclic) bond motifs is 1. The van der Waals surface area contributed by atoms with E-state index in [4.69, 9.17) is 0 Å². The van der Waals surface area contributed by atoms with E-state index in [2.05, 4.69) is 10.6 Å². The van der Waals surface area contributed by atoms with Crippen LogP contribution in [0.2, 0.25) is 0 Å². The van der Waals surface area contributed by atoms with Crippen molar-refractivity contribution in [2.24, 2.45) is 0 Å². The molecule has 0 radical (unpaired) electrons. The van der Waals surface area contributed by atoms with Crippen LogP contribution in [0.15, 0.2) is 12.1 Å². The Bertz CT molecular complexity index is 792. The van der Waals surface area contributed by atoms with Crippen LogP contribution in [0.3, 0.4) is 0 Å². The van der Waals surface area contributed by atoms with E-state index < -0.39 is 29.6 Å². The minimum Gasteiger partial charge on any atom is -0.369 e. The van der Waals surface area contributed by atoms with E-state index in [1.54, 1.807) is 0 Å². The summed E-state index contributed by atoms with van der Waals surface area (Å²) in [4.78, 5) is 51.1. The minimum atomic E-state index is -1.16. The highest BCUT2D eigenvalue weighted by Gasteiger charge is 2.44. The number of nitrogens with one attached hydrogen (secondary N) is 2. The van der Waals surface area contributed by atoms with E-state index in [0.29, 0.717) is 25.1 Å². The van der Waals surface area contributed by atoms with Crippen LogP contribution in [0.4, 0.5) is 10.1 Å². The third-order valence-electron chi connectivity index (χ3n) is 4.86. The molecule has 0 spiro atoms. The van der Waals surface area contributed by atoms with Crippen molar-refractivity contribution in [3.8, 4) is 0 Å². The molecule has 3 rings (SSSR count).